The molecule has 0 unspecified atom stereocenters. The number of nitrogens with zero attached hydrogens (tertiary/aromatic N) is 3. The lowest BCUT2D eigenvalue weighted by molar-refractivity contribution is -0.129. The van der Waals surface area contributed by atoms with Gasteiger partial charge in [0.15, 0.2) is 0 Å². The van der Waals surface area contributed by atoms with Gasteiger partial charge in [0.2, 0.25) is 5.91 Å². The Labute approximate surface area is 127 Å². The molecular formula is C16H17N3OS. The third-order valence-corrected chi connectivity index (χ3v) is 4.53. The van der Waals surface area contributed by atoms with Gasteiger partial charge in [-0.2, -0.15) is 0 Å². The van der Waals surface area contributed by atoms with Gasteiger partial charge in [0.05, 0.1) is 18.7 Å². The molecule has 0 atom stereocenters. The van der Waals surface area contributed by atoms with Crippen LogP contribution in [0, 0.1) is 6.92 Å². The van der Waals surface area contributed by atoms with Crippen LogP contribution in [-0.2, 0) is 17.8 Å². The van der Waals surface area contributed by atoms with Crippen molar-refractivity contribution in [2.45, 2.75) is 19.9 Å². The van der Waals surface area contributed by atoms with E-state index in [1.807, 2.05) is 42.0 Å². The number of hydrogen-bond acceptors (Lipinski definition) is 3. The van der Waals surface area contributed by atoms with Crippen LogP contribution in [0.5, 0.6) is 0 Å². The van der Waals surface area contributed by atoms with Crippen LogP contribution in [0.4, 0.5) is 0 Å². The molecule has 3 heterocycles. The molecule has 0 N–H and O–H groups in total. The summed E-state index contributed by atoms with van der Waals surface area (Å²) in [6, 6.07) is 7.92. The first-order chi connectivity index (χ1) is 10.1. The van der Waals surface area contributed by atoms with Crippen LogP contribution in [0.3, 0.4) is 0 Å². The minimum absolute atomic E-state index is 0.0891. The van der Waals surface area contributed by atoms with Gasteiger partial charge in [0.25, 0.3) is 0 Å². The zero-order valence-electron chi connectivity index (χ0n) is 12.1. The summed E-state index contributed by atoms with van der Waals surface area (Å²) in [5.74, 6) is 0.0891. The number of amides is 1. The van der Waals surface area contributed by atoms with Crippen molar-refractivity contribution in [1.29, 1.82) is 0 Å². The molecule has 0 radical (unpaired) electrons. The summed E-state index contributed by atoms with van der Waals surface area (Å²) in [6.07, 6.45) is 4.19. The molecule has 3 rings (SSSR count). The average molecular weight is 299 g/mol. The molecule has 0 aliphatic rings. The fourth-order valence-electron chi connectivity index (χ4n) is 2.23. The largest absolute Gasteiger partial charge is 0.340 e. The molecule has 1 amide bonds. The van der Waals surface area contributed by atoms with Gasteiger partial charge in [0.1, 0.15) is 5.65 Å². The third-order valence-electron chi connectivity index (χ3n) is 3.52. The zero-order chi connectivity index (χ0) is 14.8. The van der Waals surface area contributed by atoms with Crippen LogP contribution in [0.15, 0.2) is 42.0 Å². The number of pyridine rings is 1. The van der Waals surface area contributed by atoms with Crippen LogP contribution < -0.4 is 0 Å². The lowest BCUT2D eigenvalue weighted by atomic mass is 10.2. The number of aromatic nitrogens is 2. The summed E-state index contributed by atoms with van der Waals surface area (Å²) in [7, 11) is 1.84. The Morgan fingerprint density at radius 3 is 2.95 bits per heavy atom. The van der Waals surface area contributed by atoms with E-state index in [1.165, 1.54) is 10.4 Å². The van der Waals surface area contributed by atoms with Crippen LogP contribution in [0.2, 0.25) is 0 Å². The minimum atomic E-state index is 0.0891. The second kappa shape index (κ2) is 5.69. The highest BCUT2D eigenvalue weighted by Crippen LogP contribution is 2.17. The topological polar surface area (TPSA) is 37.6 Å². The van der Waals surface area contributed by atoms with Gasteiger partial charge in [-0.1, -0.05) is 6.07 Å². The third kappa shape index (κ3) is 2.97. The number of rotatable bonds is 4. The zero-order valence-corrected chi connectivity index (χ0v) is 12.9. The molecule has 0 saturated carbocycles. The molecule has 5 heteroatoms. The van der Waals surface area contributed by atoms with Gasteiger partial charge in [-0.15, -0.1) is 11.3 Å². The SMILES string of the molecule is Cc1ccsc1CN(C)C(=O)Cc1cn2ccccc2n1. The van der Waals surface area contributed by atoms with E-state index in [-0.39, 0.29) is 5.91 Å². The predicted molar refractivity (Wildman–Crippen MR) is 84.4 cm³/mol. The van der Waals surface area contributed by atoms with Gasteiger partial charge in [-0.05, 0) is 36.1 Å². The van der Waals surface area contributed by atoms with Crippen LogP contribution in [0.1, 0.15) is 16.1 Å². The highest BCUT2D eigenvalue weighted by Gasteiger charge is 2.13. The number of thiophene rings is 1. The van der Waals surface area contributed by atoms with E-state index in [1.54, 1.807) is 16.2 Å². The number of imidazole rings is 1. The maximum Gasteiger partial charge on any atom is 0.228 e. The molecule has 0 saturated heterocycles. The summed E-state index contributed by atoms with van der Waals surface area (Å²) in [5, 5.41) is 2.06. The Hall–Kier alpha value is -2.14. The van der Waals surface area contributed by atoms with Crippen molar-refractivity contribution in [2.75, 3.05) is 7.05 Å². The van der Waals surface area contributed by atoms with E-state index in [0.29, 0.717) is 13.0 Å². The average Bonchev–Trinajstić information content (AvgIpc) is 3.04. The molecule has 0 bridgehead atoms. The standard InChI is InChI=1S/C16H17N3OS/c1-12-6-8-21-14(12)11-18(2)16(20)9-13-10-19-7-4-3-5-15(19)17-13/h3-8,10H,9,11H2,1-2H3. The van der Waals surface area contributed by atoms with Crippen molar-refractivity contribution in [3.63, 3.8) is 0 Å². The smallest absolute Gasteiger partial charge is 0.228 e. The maximum atomic E-state index is 12.3. The van der Waals surface area contributed by atoms with Crippen molar-refractivity contribution < 1.29 is 4.79 Å². The summed E-state index contributed by atoms with van der Waals surface area (Å²) >= 11 is 1.69. The van der Waals surface area contributed by atoms with E-state index < -0.39 is 0 Å². The van der Waals surface area contributed by atoms with Gasteiger partial charge < -0.3 is 9.30 Å². The number of fused-ring (bicyclic) bond motifs is 1. The van der Waals surface area contributed by atoms with Crippen LogP contribution >= 0.6 is 11.3 Å². The predicted octanol–water partition coefficient (Wildman–Crippen LogP) is 2.91. The molecule has 4 nitrogen and oxygen atoms in total. The minimum Gasteiger partial charge on any atom is -0.340 e. The highest BCUT2D eigenvalue weighted by molar-refractivity contribution is 7.10. The van der Waals surface area contributed by atoms with E-state index in [4.69, 9.17) is 0 Å². The van der Waals surface area contributed by atoms with E-state index in [2.05, 4.69) is 23.4 Å². The second-order valence-corrected chi connectivity index (χ2v) is 6.15. The maximum absolute atomic E-state index is 12.3. The quantitative estimate of drug-likeness (QED) is 0.743. The Kier molecular flexibility index (Phi) is 3.75. The number of likely N-dealkylation sites (N-methyl/N-ethyl adjacent to an activating group) is 1. The normalized spacial score (nSPS) is 11.0. The lowest BCUT2D eigenvalue weighted by Crippen LogP contribution is -2.27. The lowest BCUT2D eigenvalue weighted by Gasteiger charge is -2.16. The Balaban J connectivity index is 1.69. The van der Waals surface area contributed by atoms with Crippen molar-refractivity contribution in [1.82, 2.24) is 14.3 Å². The van der Waals surface area contributed by atoms with E-state index in [0.717, 1.165) is 11.3 Å². The monoisotopic (exact) mass is 299 g/mol. The van der Waals surface area contributed by atoms with Gasteiger partial charge in [0, 0.05) is 24.3 Å². The number of carbonyl (C=O) groups is 1. The first-order valence-electron chi connectivity index (χ1n) is 6.83. The fraction of sp³-hybridized carbons (Fsp3) is 0.250. The van der Waals surface area contributed by atoms with E-state index in [9.17, 15) is 4.79 Å². The summed E-state index contributed by atoms with van der Waals surface area (Å²) in [4.78, 5) is 19.8. The van der Waals surface area contributed by atoms with Gasteiger partial charge >= 0.3 is 0 Å². The molecule has 3 aromatic heterocycles. The summed E-state index contributed by atoms with van der Waals surface area (Å²) in [6.45, 7) is 2.74. The first kappa shape index (κ1) is 13.8. The van der Waals surface area contributed by atoms with E-state index >= 15 is 0 Å². The number of carbonyl (C=O) groups excluding carboxylic acids is 1. The molecule has 3 aromatic rings. The molecule has 108 valence electrons. The molecule has 0 aliphatic carbocycles. The van der Waals surface area contributed by atoms with Crippen molar-refractivity contribution in [3.8, 4) is 0 Å². The second-order valence-electron chi connectivity index (χ2n) is 5.15. The van der Waals surface area contributed by atoms with Gasteiger partial charge in [-0.25, -0.2) is 4.98 Å². The molecule has 0 fully saturated rings. The molecule has 21 heavy (non-hydrogen) atoms. The number of aryl methyl sites for hydroxylation is 1. The van der Waals surface area contributed by atoms with Gasteiger partial charge in [-0.3, -0.25) is 4.79 Å². The summed E-state index contributed by atoms with van der Waals surface area (Å²) < 4.78 is 1.94. The summed E-state index contributed by atoms with van der Waals surface area (Å²) in [5.41, 5.74) is 2.92. The Morgan fingerprint density at radius 2 is 2.24 bits per heavy atom. The Bertz CT molecular complexity index is 742. The molecule has 0 spiro atoms. The Morgan fingerprint density at radius 1 is 1.38 bits per heavy atom. The highest BCUT2D eigenvalue weighted by atomic mass is 32.1. The van der Waals surface area contributed by atoms with Crippen LogP contribution in [0.25, 0.3) is 5.65 Å². The van der Waals surface area contributed by atoms with Crippen molar-refractivity contribution in [2.24, 2.45) is 0 Å². The van der Waals surface area contributed by atoms with Crippen molar-refractivity contribution >= 4 is 22.9 Å². The molecule has 0 aliphatic heterocycles. The first-order valence-corrected chi connectivity index (χ1v) is 7.71. The molecular weight excluding hydrogens is 282 g/mol. The van der Waals surface area contributed by atoms with Crippen molar-refractivity contribution in [3.05, 3.63) is 58.2 Å². The molecule has 0 aromatic carbocycles. The van der Waals surface area contributed by atoms with Crippen LogP contribution in [-0.4, -0.2) is 27.2 Å². The number of hydrogen-bond donors (Lipinski definition) is 0. The fourth-order valence-corrected chi connectivity index (χ4v) is 3.19.